The molecule has 0 aliphatic heterocycles. The Morgan fingerprint density at radius 2 is 1.83 bits per heavy atom. The number of unbranched alkanes of at least 4 members (excludes halogenated alkanes) is 3. The van der Waals surface area contributed by atoms with Crippen LogP contribution in [0, 0.1) is 11.6 Å². The number of hydrogen-bond donors (Lipinski definition) is 2. The molecular formula is C14H21F2NO. The van der Waals surface area contributed by atoms with E-state index in [1.165, 1.54) is 6.07 Å². The second-order valence-electron chi connectivity index (χ2n) is 4.49. The van der Waals surface area contributed by atoms with Crippen LogP contribution in [0.15, 0.2) is 18.2 Å². The number of aliphatic hydroxyl groups is 1. The van der Waals surface area contributed by atoms with Crippen LogP contribution in [0.1, 0.15) is 44.2 Å². The highest BCUT2D eigenvalue weighted by Crippen LogP contribution is 2.15. The van der Waals surface area contributed by atoms with E-state index in [2.05, 4.69) is 5.32 Å². The predicted octanol–water partition coefficient (Wildman–Crippen LogP) is 3.17. The van der Waals surface area contributed by atoms with Crippen molar-refractivity contribution in [2.45, 2.75) is 38.6 Å². The van der Waals surface area contributed by atoms with Crippen LogP contribution in [0.5, 0.6) is 0 Å². The second kappa shape index (κ2) is 8.16. The molecule has 1 atom stereocenters. The predicted molar refractivity (Wildman–Crippen MR) is 68.3 cm³/mol. The first-order valence-electron chi connectivity index (χ1n) is 6.44. The molecule has 2 nitrogen and oxygen atoms in total. The van der Waals surface area contributed by atoms with E-state index >= 15 is 0 Å². The van der Waals surface area contributed by atoms with Crippen molar-refractivity contribution in [2.24, 2.45) is 0 Å². The van der Waals surface area contributed by atoms with Crippen molar-refractivity contribution in [3.8, 4) is 0 Å². The first-order chi connectivity index (χ1) is 8.65. The van der Waals surface area contributed by atoms with Crippen molar-refractivity contribution in [3.05, 3.63) is 35.4 Å². The van der Waals surface area contributed by atoms with Crippen LogP contribution in [-0.2, 0) is 0 Å². The first-order valence-corrected chi connectivity index (χ1v) is 6.44. The zero-order valence-corrected chi connectivity index (χ0v) is 10.8. The van der Waals surface area contributed by atoms with E-state index in [1.54, 1.807) is 6.07 Å². The van der Waals surface area contributed by atoms with E-state index in [-0.39, 0.29) is 12.6 Å². The molecule has 4 heteroatoms. The Kier molecular flexibility index (Phi) is 6.83. The lowest BCUT2D eigenvalue weighted by Gasteiger charge is -2.14. The second-order valence-corrected chi connectivity index (χ2v) is 4.49. The van der Waals surface area contributed by atoms with Crippen LogP contribution in [0.3, 0.4) is 0 Å². The van der Waals surface area contributed by atoms with Gasteiger partial charge in [-0.15, -0.1) is 0 Å². The van der Waals surface area contributed by atoms with Gasteiger partial charge >= 0.3 is 0 Å². The molecule has 0 radical (unpaired) electrons. The fourth-order valence-corrected chi connectivity index (χ4v) is 1.81. The summed E-state index contributed by atoms with van der Waals surface area (Å²) >= 11 is 0. The van der Waals surface area contributed by atoms with E-state index in [0.29, 0.717) is 0 Å². The van der Waals surface area contributed by atoms with Gasteiger partial charge < -0.3 is 10.4 Å². The van der Waals surface area contributed by atoms with E-state index in [0.717, 1.165) is 43.9 Å². The Morgan fingerprint density at radius 3 is 2.50 bits per heavy atom. The summed E-state index contributed by atoms with van der Waals surface area (Å²) in [7, 11) is 0. The molecule has 0 fully saturated rings. The third-order valence-electron chi connectivity index (χ3n) is 2.98. The normalized spacial score (nSPS) is 12.7. The standard InChI is InChI=1S/C14H21F2NO/c1-11(17-8-4-2-3-5-9-18)12-6-7-13(15)14(16)10-12/h6-7,10-11,17-18H,2-5,8-9H2,1H3. The smallest absolute Gasteiger partial charge is 0.159 e. The number of nitrogens with one attached hydrogen (secondary N) is 1. The molecule has 0 bridgehead atoms. The highest BCUT2D eigenvalue weighted by Gasteiger charge is 2.08. The number of rotatable bonds is 8. The van der Waals surface area contributed by atoms with Gasteiger partial charge in [-0.05, 0) is 44.0 Å². The Morgan fingerprint density at radius 1 is 1.11 bits per heavy atom. The summed E-state index contributed by atoms with van der Waals surface area (Å²) in [5, 5.41) is 11.9. The maximum absolute atomic E-state index is 13.0. The van der Waals surface area contributed by atoms with Crippen molar-refractivity contribution in [3.63, 3.8) is 0 Å². The molecule has 0 aliphatic rings. The lowest BCUT2D eigenvalue weighted by molar-refractivity contribution is 0.282. The van der Waals surface area contributed by atoms with Gasteiger partial charge in [-0.2, -0.15) is 0 Å². The minimum atomic E-state index is -0.810. The zero-order chi connectivity index (χ0) is 13.4. The average Bonchev–Trinajstić information content (AvgIpc) is 2.36. The van der Waals surface area contributed by atoms with E-state index in [1.807, 2.05) is 6.92 Å². The Labute approximate surface area is 107 Å². The van der Waals surface area contributed by atoms with Gasteiger partial charge in [0.05, 0.1) is 0 Å². The van der Waals surface area contributed by atoms with Crippen LogP contribution in [0.25, 0.3) is 0 Å². The fourth-order valence-electron chi connectivity index (χ4n) is 1.81. The monoisotopic (exact) mass is 257 g/mol. The topological polar surface area (TPSA) is 32.3 Å². The van der Waals surface area contributed by atoms with Gasteiger partial charge in [-0.1, -0.05) is 18.9 Å². The third-order valence-corrected chi connectivity index (χ3v) is 2.98. The quantitative estimate of drug-likeness (QED) is 0.701. The maximum Gasteiger partial charge on any atom is 0.159 e. The molecule has 18 heavy (non-hydrogen) atoms. The Bertz CT molecular complexity index is 358. The summed E-state index contributed by atoms with van der Waals surface area (Å²) in [6.07, 6.45) is 3.96. The van der Waals surface area contributed by atoms with E-state index < -0.39 is 11.6 Å². The molecule has 0 aliphatic carbocycles. The lowest BCUT2D eigenvalue weighted by Crippen LogP contribution is -2.20. The van der Waals surface area contributed by atoms with Crippen molar-refractivity contribution < 1.29 is 13.9 Å². The van der Waals surface area contributed by atoms with Crippen molar-refractivity contribution in [2.75, 3.05) is 13.2 Å². The average molecular weight is 257 g/mol. The molecule has 1 aromatic rings. The summed E-state index contributed by atoms with van der Waals surface area (Å²) < 4.78 is 25.8. The van der Waals surface area contributed by atoms with Gasteiger partial charge in [0.1, 0.15) is 0 Å². The van der Waals surface area contributed by atoms with E-state index in [4.69, 9.17) is 5.11 Å². The largest absolute Gasteiger partial charge is 0.396 e. The Hall–Kier alpha value is -1.00. The number of halogens is 2. The molecule has 1 aromatic carbocycles. The summed E-state index contributed by atoms with van der Waals surface area (Å²) in [6.45, 7) is 3.02. The van der Waals surface area contributed by atoms with E-state index in [9.17, 15) is 8.78 Å². The van der Waals surface area contributed by atoms with Crippen molar-refractivity contribution in [1.82, 2.24) is 5.32 Å². The van der Waals surface area contributed by atoms with Crippen LogP contribution in [0.2, 0.25) is 0 Å². The molecule has 0 amide bonds. The highest BCUT2D eigenvalue weighted by atomic mass is 19.2. The summed E-state index contributed by atoms with van der Waals surface area (Å²) in [4.78, 5) is 0. The zero-order valence-electron chi connectivity index (χ0n) is 10.8. The number of benzene rings is 1. The van der Waals surface area contributed by atoms with Gasteiger partial charge in [0, 0.05) is 12.6 Å². The molecule has 0 spiro atoms. The SMILES string of the molecule is CC(NCCCCCCO)c1ccc(F)c(F)c1. The first kappa shape index (κ1) is 15.1. The molecule has 0 saturated carbocycles. The fraction of sp³-hybridized carbons (Fsp3) is 0.571. The van der Waals surface area contributed by atoms with Crippen molar-refractivity contribution in [1.29, 1.82) is 0 Å². The summed E-state index contributed by atoms with van der Waals surface area (Å²) in [5.74, 6) is -1.61. The molecular weight excluding hydrogens is 236 g/mol. The molecule has 0 heterocycles. The summed E-state index contributed by atoms with van der Waals surface area (Å²) in [5.41, 5.74) is 0.754. The molecule has 102 valence electrons. The molecule has 1 unspecified atom stereocenters. The lowest BCUT2D eigenvalue weighted by atomic mass is 10.1. The van der Waals surface area contributed by atoms with Gasteiger partial charge in [-0.25, -0.2) is 8.78 Å². The van der Waals surface area contributed by atoms with Crippen molar-refractivity contribution >= 4 is 0 Å². The summed E-state index contributed by atoms with van der Waals surface area (Å²) in [6, 6.07) is 4.00. The van der Waals surface area contributed by atoms with Crippen LogP contribution < -0.4 is 5.32 Å². The van der Waals surface area contributed by atoms with Gasteiger partial charge in [0.15, 0.2) is 11.6 Å². The molecule has 0 aromatic heterocycles. The molecule has 2 N–H and O–H groups in total. The maximum atomic E-state index is 13.0. The Balaban J connectivity index is 2.27. The number of hydrogen-bond acceptors (Lipinski definition) is 2. The highest BCUT2D eigenvalue weighted by molar-refractivity contribution is 5.20. The van der Waals surface area contributed by atoms with Crippen LogP contribution in [0.4, 0.5) is 8.78 Å². The van der Waals surface area contributed by atoms with Gasteiger partial charge in [0.25, 0.3) is 0 Å². The number of aliphatic hydroxyl groups excluding tert-OH is 1. The molecule has 1 rings (SSSR count). The minimum Gasteiger partial charge on any atom is -0.396 e. The van der Waals surface area contributed by atoms with Gasteiger partial charge in [0.2, 0.25) is 0 Å². The van der Waals surface area contributed by atoms with Crippen LogP contribution >= 0.6 is 0 Å². The third kappa shape index (κ3) is 5.10. The minimum absolute atomic E-state index is 0.0120. The molecule has 0 saturated heterocycles. The van der Waals surface area contributed by atoms with Crippen LogP contribution in [-0.4, -0.2) is 18.3 Å². The van der Waals surface area contributed by atoms with Gasteiger partial charge in [-0.3, -0.25) is 0 Å².